The number of aromatic nitrogens is 2. The van der Waals surface area contributed by atoms with Gasteiger partial charge in [-0.1, -0.05) is 6.92 Å². The zero-order chi connectivity index (χ0) is 12.7. The summed E-state index contributed by atoms with van der Waals surface area (Å²) in [5, 5.41) is 3.14. The Balaban J connectivity index is 2.43. The quantitative estimate of drug-likeness (QED) is 0.757. The van der Waals surface area contributed by atoms with Gasteiger partial charge in [-0.15, -0.1) is 0 Å². The molecule has 1 rings (SSSR count). The van der Waals surface area contributed by atoms with Crippen molar-refractivity contribution in [3.05, 3.63) is 12.3 Å². The molecule has 1 heterocycles. The molecule has 0 aromatic carbocycles. The third kappa shape index (κ3) is 5.49. The van der Waals surface area contributed by atoms with E-state index in [9.17, 15) is 0 Å². The molecule has 1 aromatic heterocycles. The molecule has 0 fully saturated rings. The fourth-order valence-corrected chi connectivity index (χ4v) is 1.31. The number of rotatable bonds is 7. The second-order valence-electron chi connectivity index (χ2n) is 4.27. The van der Waals surface area contributed by atoms with E-state index in [0.29, 0.717) is 11.8 Å². The van der Waals surface area contributed by atoms with Crippen LogP contribution in [-0.2, 0) is 0 Å². The fraction of sp³-hybridized carbons (Fsp3) is 0.667. The zero-order valence-electron chi connectivity index (χ0n) is 10.8. The molecule has 0 aliphatic rings. The van der Waals surface area contributed by atoms with Crippen molar-refractivity contribution in [2.45, 2.75) is 45.8 Å². The number of nitrogens with two attached hydrogens (primary N) is 1. The van der Waals surface area contributed by atoms with E-state index in [4.69, 9.17) is 10.5 Å². The lowest BCUT2D eigenvalue weighted by atomic mass is 10.2. The van der Waals surface area contributed by atoms with Crippen LogP contribution in [0.4, 0.5) is 5.95 Å². The minimum Gasteiger partial charge on any atom is -0.475 e. The molecule has 0 saturated carbocycles. The third-order valence-corrected chi connectivity index (χ3v) is 2.31. The molecule has 0 radical (unpaired) electrons. The largest absolute Gasteiger partial charge is 0.475 e. The summed E-state index contributed by atoms with van der Waals surface area (Å²) in [6, 6.07) is 1.99. The molecule has 0 aliphatic carbocycles. The molecule has 0 bridgehead atoms. The Kier molecular flexibility index (Phi) is 5.69. The average molecular weight is 238 g/mol. The molecule has 1 atom stereocenters. The summed E-state index contributed by atoms with van der Waals surface area (Å²) in [6.07, 6.45) is 3.70. The SMILES string of the molecule is CCC(N)CCNc1nccc(OC(C)C)n1. The molecule has 0 aliphatic heterocycles. The summed E-state index contributed by atoms with van der Waals surface area (Å²) in [7, 11) is 0. The first-order valence-corrected chi connectivity index (χ1v) is 6.11. The molecular weight excluding hydrogens is 216 g/mol. The second-order valence-corrected chi connectivity index (χ2v) is 4.27. The molecule has 5 heteroatoms. The van der Waals surface area contributed by atoms with Crippen molar-refractivity contribution in [2.75, 3.05) is 11.9 Å². The zero-order valence-corrected chi connectivity index (χ0v) is 10.8. The van der Waals surface area contributed by atoms with Crippen molar-refractivity contribution >= 4 is 5.95 Å². The van der Waals surface area contributed by atoms with Gasteiger partial charge in [0.05, 0.1) is 6.10 Å². The van der Waals surface area contributed by atoms with Crippen LogP contribution in [0.25, 0.3) is 0 Å². The van der Waals surface area contributed by atoms with E-state index >= 15 is 0 Å². The predicted octanol–water partition coefficient (Wildman–Crippen LogP) is 1.80. The Bertz CT molecular complexity index is 330. The maximum atomic E-state index is 5.83. The van der Waals surface area contributed by atoms with Crippen LogP contribution in [0.3, 0.4) is 0 Å². The van der Waals surface area contributed by atoms with Crippen molar-refractivity contribution in [1.82, 2.24) is 9.97 Å². The Labute approximate surface area is 103 Å². The maximum absolute atomic E-state index is 5.83. The number of hydrogen-bond donors (Lipinski definition) is 2. The minimum atomic E-state index is 0.117. The first-order chi connectivity index (χ1) is 8.11. The van der Waals surface area contributed by atoms with Crippen LogP contribution in [-0.4, -0.2) is 28.7 Å². The minimum absolute atomic E-state index is 0.117. The summed E-state index contributed by atoms with van der Waals surface area (Å²) in [5.41, 5.74) is 5.83. The Hall–Kier alpha value is -1.36. The second kappa shape index (κ2) is 7.06. The highest BCUT2D eigenvalue weighted by atomic mass is 16.5. The molecule has 17 heavy (non-hydrogen) atoms. The van der Waals surface area contributed by atoms with Gasteiger partial charge in [-0.25, -0.2) is 4.98 Å². The van der Waals surface area contributed by atoms with E-state index in [1.54, 1.807) is 12.3 Å². The topological polar surface area (TPSA) is 73.1 Å². The highest BCUT2D eigenvalue weighted by Gasteiger charge is 2.03. The van der Waals surface area contributed by atoms with Crippen LogP contribution in [0.1, 0.15) is 33.6 Å². The normalized spacial score (nSPS) is 12.5. The van der Waals surface area contributed by atoms with Crippen molar-refractivity contribution in [3.63, 3.8) is 0 Å². The van der Waals surface area contributed by atoms with Gasteiger partial charge in [0, 0.05) is 24.8 Å². The summed E-state index contributed by atoms with van der Waals surface area (Å²) in [5.74, 6) is 1.18. The van der Waals surface area contributed by atoms with Crippen molar-refractivity contribution in [1.29, 1.82) is 0 Å². The van der Waals surface area contributed by atoms with E-state index in [1.807, 2.05) is 13.8 Å². The maximum Gasteiger partial charge on any atom is 0.225 e. The van der Waals surface area contributed by atoms with Gasteiger partial charge in [-0.2, -0.15) is 4.98 Å². The van der Waals surface area contributed by atoms with E-state index in [-0.39, 0.29) is 12.1 Å². The number of anilines is 1. The highest BCUT2D eigenvalue weighted by Crippen LogP contribution is 2.10. The standard InChI is InChI=1S/C12H22N4O/c1-4-10(13)5-7-14-12-15-8-6-11(16-12)17-9(2)3/h6,8-10H,4-5,7,13H2,1-3H3,(H,14,15,16). The molecule has 1 aromatic rings. The van der Waals surface area contributed by atoms with Crippen LogP contribution < -0.4 is 15.8 Å². The first kappa shape index (κ1) is 13.7. The molecule has 96 valence electrons. The molecular formula is C12H22N4O. The van der Waals surface area contributed by atoms with Gasteiger partial charge < -0.3 is 15.8 Å². The van der Waals surface area contributed by atoms with Crippen LogP contribution in [0, 0.1) is 0 Å². The summed E-state index contributed by atoms with van der Waals surface area (Å²) in [4.78, 5) is 8.38. The molecule has 1 unspecified atom stereocenters. The van der Waals surface area contributed by atoms with Crippen molar-refractivity contribution < 1.29 is 4.74 Å². The van der Waals surface area contributed by atoms with Crippen molar-refractivity contribution in [2.24, 2.45) is 5.73 Å². The van der Waals surface area contributed by atoms with Gasteiger partial charge in [0.25, 0.3) is 0 Å². The summed E-state index contributed by atoms with van der Waals surface area (Å²) >= 11 is 0. The molecule has 0 amide bonds. The Morgan fingerprint density at radius 1 is 1.47 bits per heavy atom. The number of nitrogens with zero attached hydrogens (tertiary/aromatic N) is 2. The third-order valence-electron chi connectivity index (χ3n) is 2.31. The van der Waals surface area contributed by atoms with Gasteiger partial charge in [0.15, 0.2) is 0 Å². The van der Waals surface area contributed by atoms with E-state index in [0.717, 1.165) is 19.4 Å². The van der Waals surface area contributed by atoms with Gasteiger partial charge in [0.1, 0.15) is 0 Å². The average Bonchev–Trinajstić information content (AvgIpc) is 2.28. The summed E-state index contributed by atoms with van der Waals surface area (Å²) in [6.45, 7) is 6.79. The number of nitrogens with one attached hydrogen (secondary N) is 1. The Morgan fingerprint density at radius 2 is 2.24 bits per heavy atom. The van der Waals surface area contributed by atoms with E-state index < -0.39 is 0 Å². The van der Waals surface area contributed by atoms with Crippen molar-refractivity contribution in [3.8, 4) is 5.88 Å². The summed E-state index contributed by atoms with van der Waals surface area (Å²) < 4.78 is 5.49. The highest BCUT2D eigenvalue weighted by molar-refractivity contribution is 5.27. The van der Waals surface area contributed by atoms with Gasteiger partial charge in [-0.05, 0) is 26.7 Å². The molecule has 0 saturated heterocycles. The molecule has 0 spiro atoms. The Morgan fingerprint density at radius 3 is 2.88 bits per heavy atom. The number of ether oxygens (including phenoxy) is 1. The van der Waals surface area contributed by atoms with Gasteiger partial charge in [0.2, 0.25) is 11.8 Å². The van der Waals surface area contributed by atoms with Gasteiger partial charge >= 0.3 is 0 Å². The number of hydrogen-bond acceptors (Lipinski definition) is 5. The molecule has 3 N–H and O–H groups in total. The first-order valence-electron chi connectivity index (χ1n) is 6.11. The van der Waals surface area contributed by atoms with Crippen LogP contribution in [0.5, 0.6) is 5.88 Å². The monoisotopic (exact) mass is 238 g/mol. The predicted molar refractivity (Wildman–Crippen MR) is 69.2 cm³/mol. The van der Waals surface area contributed by atoms with Gasteiger partial charge in [-0.3, -0.25) is 0 Å². The van der Waals surface area contributed by atoms with E-state index in [2.05, 4.69) is 22.2 Å². The van der Waals surface area contributed by atoms with E-state index in [1.165, 1.54) is 0 Å². The lowest BCUT2D eigenvalue weighted by Gasteiger charge is -2.11. The van der Waals surface area contributed by atoms with Crippen LogP contribution >= 0.6 is 0 Å². The smallest absolute Gasteiger partial charge is 0.225 e. The molecule has 5 nitrogen and oxygen atoms in total. The lowest BCUT2D eigenvalue weighted by Crippen LogP contribution is -2.22. The fourth-order valence-electron chi connectivity index (χ4n) is 1.31. The van der Waals surface area contributed by atoms with Crippen LogP contribution in [0.2, 0.25) is 0 Å². The lowest BCUT2D eigenvalue weighted by molar-refractivity contribution is 0.232. The van der Waals surface area contributed by atoms with Crippen LogP contribution in [0.15, 0.2) is 12.3 Å².